The van der Waals surface area contributed by atoms with Crippen LogP contribution in [-0.2, 0) is 4.80 Å². The van der Waals surface area contributed by atoms with Crippen LogP contribution in [0.1, 0.15) is 16.7 Å². The molecule has 2 aromatic rings. The van der Waals surface area contributed by atoms with E-state index in [4.69, 9.17) is 0 Å². The molecule has 0 aromatic heterocycles. The summed E-state index contributed by atoms with van der Waals surface area (Å²) in [7, 11) is -1.32. The largest absolute Gasteiger partial charge is 0.305 e. The van der Waals surface area contributed by atoms with Gasteiger partial charge in [-0.3, -0.25) is 0 Å². The Bertz CT molecular complexity index is 360. The molecule has 2 heteroatoms. The molecule has 0 N–H and O–H groups in total. The van der Waals surface area contributed by atoms with Crippen molar-refractivity contribution in [2.24, 2.45) is 0 Å². The van der Waals surface area contributed by atoms with Crippen LogP contribution in [0.4, 0.5) is 0 Å². The Labute approximate surface area is 92.3 Å². The third-order valence-electron chi connectivity index (χ3n) is 2.57. The molecule has 75 valence electrons. The second kappa shape index (κ2) is 4.91. The van der Waals surface area contributed by atoms with Crippen molar-refractivity contribution in [3.8, 4) is 0 Å². The van der Waals surface area contributed by atoms with Crippen LogP contribution in [0.15, 0.2) is 60.7 Å². The molecular formula is C13H13OSi. The van der Waals surface area contributed by atoms with Gasteiger partial charge >= 0.3 is 0 Å². The summed E-state index contributed by atoms with van der Waals surface area (Å²) < 4.78 is 0. The average Bonchev–Trinajstić information content (AvgIpc) is 2.33. The van der Waals surface area contributed by atoms with Crippen LogP contribution >= 0.6 is 0 Å². The number of rotatable bonds is 3. The zero-order valence-electron chi connectivity index (χ0n) is 8.47. The van der Waals surface area contributed by atoms with Crippen molar-refractivity contribution in [2.45, 2.75) is 5.54 Å². The first kappa shape index (κ1) is 10.1. The molecule has 0 aliphatic rings. The van der Waals surface area contributed by atoms with E-state index in [-0.39, 0.29) is 5.54 Å². The van der Waals surface area contributed by atoms with Gasteiger partial charge in [-0.1, -0.05) is 60.7 Å². The number of hydrogen-bond donors (Lipinski definition) is 0. The summed E-state index contributed by atoms with van der Waals surface area (Å²) in [6, 6.07) is 20.1. The molecule has 0 atom stereocenters. The van der Waals surface area contributed by atoms with Crippen LogP contribution in [0.2, 0.25) is 0 Å². The van der Waals surface area contributed by atoms with Gasteiger partial charge in [-0.15, -0.1) is 0 Å². The fourth-order valence-corrected chi connectivity index (χ4v) is 2.68. The van der Waals surface area contributed by atoms with E-state index in [9.17, 15) is 4.80 Å². The van der Waals surface area contributed by atoms with E-state index in [0.29, 0.717) is 0 Å². The molecule has 0 saturated carbocycles. The Morgan fingerprint density at radius 1 is 0.733 bits per heavy atom. The van der Waals surface area contributed by atoms with Gasteiger partial charge in [-0.2, -0.15) is 0 Å². The summed E-state index contributed by atoms with van der Waals surface area (Å²) in [6.07, 6.45) is 0. The second-order valence-electron chi connectivity index (χ2n) is 3.54. The zero-order valence-corrected chi connectivity index (χ0v) is 9.88. The molecule has 1 radical (unpaired) electrons. The van der Waals surface area contributed by atoms with Gasteiger partial charge in [0.1, 0.15) is 0 Å². The standard InChI is InChI=1S/C13H13OSi/c14-15-13(11-7-3-1-4-8-11)12-9-5-2-6-10-12/h1-10,13H,15H2. The third kappa shape index (κ3) is 2.35. The summed E-state index contributed by atoms with van der Waals surface area (Å²) in [5.41, 5.74) is 2.43. The van der Waals surface area contributed by atoms with E-state index < -0.39 is 9.76 Å². The van der Waals surface area contributed by atoms with Gasteiger partial charge < -0.3 is 4.80 Å². The first-order valence-electron chi connectivity index (χ1n) is 5.10. The molecule has 1 nitrogen and oxygen atoms in total. The predicted molar refractivity (Wildman–Crippen MR) is 64.0 cm³/mol. The normalized spacial score (nSPS) is 11.3. The molecule has 0 heterocycles. The summed E-state index contributed by atoms with van der Waals surface area (Å²) in [6.45, 7) is 0. The van der Waals surface area contributed by atoms with Crippen LogP contribution in [0, 0.1) is 0 Å². The highest BCUT2D eigenvalue weighted by Gasteiger charge is 2.13. The molecule has 2 rings (SSSR count). The highest BCUT2D eigenvalue weighted by atomic mass is 28.2. The summed E-state index contributed by atoms with van der Waals surface area (Å²) in [5, 5.41) is 0. The maximum absolute atomic E-state index is 11.4. The van der Waals surface area contributed by atoms with Crippen LogP contribution in [0.3, 0.4) is 0 Å². The molecule has 0 fully saturated rings. The molecule has 0 unspecified atom stereocenters. The van der Waals surface area contributed by atoms with Crippen molar-refractivity contribution >= 4 is 9.76 Å². The Balaban J connectivity index is 2.34. The lowest BCUT2D eigenvalue weighted by atomic mass is 10.0. The van der Waals surface area contributed by atoms with Gasteiger partial charge in [-0.25, -0.2) is 0 Å². The molecule has 0 amide bonds. The SMILES string of the molecule is [O][SiH2]C(c1ccccc1)c1ccccc1. The lowest BCUT2D eigenvalue weighted by molar-refractivity contribution is 0.466. The molecular weight excluding hydrogens is 200 g/mol. The summed E-state index contributed by atoms with van der Waals surface area (Å²) in [5.74, 6) is 0. The van der Waals surface area contributed by atoms with Gasteiger partial charge in [0.2, 0.25) is 9.76 Å². The first-order valence-corrected chi connectivity index (χ1v) is 6.49. The van der Waals surface area contributed by atoms with E-state index in [1.807, 2.05) is 60.7 Å². The quantitative estimate of drug-likeness (QED) is 0.697. The molecule has 2 aromatic carbocycles. The van der Waals surface area contributed by atoms with Crippen LogP contribution in [-0.4, -0.2) is 9.76 Å². The Morgan fingerprint density at radius 3 is 1.47 bits per heavy atom. The highest BCUT2D eigenvalue weighted by Crippen LogP contribution is 2.22. The highest BCUT2D eigenvalue weighted by molar-refractivity contribution is 6.29. The topological polar surface area (TPSA) is 19.9 Å². The van der Waals surface area contributed by atoms with Gasteiger partial charge in [0.05, 0.1) is 0 Å². The first-order chi connectivity index (χ1) is 7.42. The van der Waals surface area contributed by atoms with Crippen molar-refractivity contribution in [3.63, 3.8) is 0 Å². The lowest BCUT2D eigenvalue weighted by Gasteiger charge is -2.13. The summed E-state index contributed by atoms with van der Waals surface area (Å²) in [4.78, 5) is 11.4. The smallest absolute Gasteiger partial charge is 0.218 e. The maximum Gasteiger partial charge on any atom is 0.218 e. The molecule has 15 heavy (non-hydrogen) atoms. The minimum absolute atomic E-state index is 0.118. The van der Waals surface area contributed by atoms with Crippen molar-refractivity contribution in [1.29, 1.82) is 0 Å². The van der Waals surface area contributed by atoms with E-state index in [1.165, 1.54) is 0 Å². The van der Waals surface area contributed by atoms with E-state index >= 15 is 0 Å². The van der Waals surface area contributed by atoms with Gasteiger partial charge in [0.25, 0.3) is 0 Å². The van der Waals surface area contributed by atoms with Crippen LogP contribution in [0.25, 0.3) is 0 Å². The Kier molecular flexibility index (Phi) is 3.32. The fraction of sp³-hybridized carbons (Fsp3) is 0.0769. The average molecular weight is 213 g/mol. The Hall–Kier alpha value is -1.38. The van der Waals surface area contributed by atoms with Crippen molar-refractivity contribution < 1.29 is 4.80 Å². The van der Waals surface area contributed by atoms with E-state index in [1.54, 1.807) is 0 Å². The molecule has 0 bridgehead atoms. The zero-order chi connectivity index (χ0) is 10.5. The van der Waals surface area contributed by atoms with Crippen molar-refractivity contribution in [3.05, 3.63) is 71.8 Å². The monoisotopic (exact) mass is 213 g/mol. The molecule has 0 saturated heterocycles. The molecule has 0 spiro atoms. The van der Waals surface area contributed by atoms with Crippen molar-refractivity contribution in [1.82, 2.24) is 0 Å². The fourth-order valence-electron chi connectivity index (χ4n) is 1.76. The third-order valence-corrected chi connectivity index (χ3v) is 3.85. The van der Waals surface area contributed by atoms with E-state index in [0.717, 1.165) is 11.1 Å². The Morgan fingerprint density at radius 2 is 1.13 bits per heavy atom. The minimum Gasteiger partial charge on any atom is -0.305 e. The number of benzene rings is 2. The van der Waals surface area contributed by atoms with Gasteiger partial charge in [0.15, 0.2) is 0 Å². The number of hydrogen-bond acceptors (Lipinski definition) is 0. The van der Waals surface area contributed by atoms with Gasteiger partial charge in [0, 0.05) is 5.54 Å². The second-order valence-corrected chi connectivity index (χ2v) is 4.69. The predicted octanol–water partition coefficient (Wildman–Crippen LogP) is 2.29. The van der Waals surface area contributed by atoms with E-state index in [2.05, 4.69) is 0 Å². The van der Waals surface area contributed by atoms with Crippen LogP contribution in [0.5, 0.6) is 0 Å². The summed E-state index contributed by atoms with van der Waals surface area (Å²) >= 11 is 0. The maximum atomic E-state index is 11.4. The minimum atomic E-state index is -1.32. The molecule has 0 aliphatic heterocycles. The van der Waals surface area contributed by atoms with Crippen molar-refractivity contribution in [2.75, 3.05) is 0 Å². The van der Waals surface area contributed by atoms with Gasteiger partial charge in [-0.05, 0) is 11.1 Å². The lowest BCUT2D eigenvalue weighted by Crippen LogP contribution is -2.07. The molecule has 0 aliphatic carbocycles. The van der Waals surface area contributed by atoms with Crippen LogP contribution < -0.4 is 0 Å².